The molecular weight excluding hydrogens is 960 g/mol. The van der Waals surface area contributed by atoms with Gasteiger partial charge in [0.1, 0.15) is 13.2 Å². The van der Waals surface area contributed by atoms with Gasteiger partial charge >= 0.3 is 0 Å². The Balaban J connectivity index is 4.24. The summed E-state index contributed by atoms with van der Waals surface area (Å²) in [5.41, 5.74) is 0. The molecule has 440 valence electrons. The van der Waals surface area contributed by atoms with Crippen LogP contribution in [0.1, 0.15) is 271 Å². The summed E-state index contributed by atoms with van der Waals surface area (Å²) < 4.78 is 23.4. The number of likely N-dealkylation sites (N-methyl/N-ethyl adjacent to an activating group) is 1. The molecule has 0 saturated carbocycles. The normalized spacial score (nSPS) is 14.5. The molecule has 0 aromatic heterocycles. The highest BCUT2D eigenvalue weighted by molar-refractivity contribution is 7.45. The van der Waals surface area contributed by atoms with Gasteiger partial charge in [0.25, 0.3) is 7.82 Å². The lowest BCUT2D eigenvalue weighted by Gasteiger charge is -2.29. The molecule has 0 radical (unpaired) electrons. The monoisotopic (exact) mass is 1080 g/mol. The number of carbonyl (C=O) groups excluding carboxylic acids is 1. The standard InChI is InChI=1S/C67H121N2O6P/c1-6-8-10-12-14-16-18-20-22-24-26-28-30-32-34-36-38-40-42-44-46-48-50-52-54-56-58-60-66(70)65(64-75-76(72,73)74-63-62-69(3,4)5)68-67(71)61-59-57-55-53-51-49-47-45-43-41-39-37-35-33-31-29-27-25-23-21-19-17-15-13-11-9-7-2/h9,11,15,17,21,23,27,29,33,35,42,44,50,52,58,60,65-66,70H,6-8,10,12-14,16,18-20,22,24-26,28,30-32,34,36-41,43,45-49,51,53-57,59,61-64H2,1-5H3,(H-,68,71,72,73)/b11-9-,17-15-,23-21-,29-27-,35-33-,44-42+,52-50+,60-58+. The van der Waals surface area contributed by atoms with E-state index in [1.54, 1.807) is 6.08 Å². The van der Waals surface area contributed by atoms with Gasteiger partial charge in [-0.05, 0) is 89.9 Å². The van der Waals surface area contributed by atoms with Crippen molar-refractivity contribution >= 4 is 13.7 Å². The maximum atomic E-state index is 13.0. The second-order valence-electron chi connectivity index (χ2n) is 22.4. The van der Waals surface area contributed by atoms with Crippen molar-refractivity contribution in [2.75, 3.05) is 40.9 Å². The molecule has 9 heteroatoms. The number of phosphoric acid groups is 1. The Morgan fingerprint density at radius 3 is 1.22 bits per heavy atom. The predicted octanol–water partition coefficient (Wildman–Crippen LogP) is 19.1. The number of amides is 1. The van der Waals surface area contributed by atoms with Gasteiger partial charge in [0.2, 0.25) is 5.91 Å². The maximum absolute atomic E-state index is 13.0. The van der Waals surface area contributed by atoms with Crippen LogP contribution in [-0.2, 0) is 18.4 Å². The van der Waals surface area contributed by atoms with Crippen LogP contribution in [0.3, 0.4) is 0 Å². The average Bonchev–Trinajstić information content (AvgIpc) is 3.38. The SMILES string of the molecule is CC/C=C\C/C=C\C/C=C\C/C=C\C/C=C\CCCCCCCCCCCCCC(=O)NC(COP(=O)([O-])OCC[N+](C)(C)C)C(O)/C=C/CC/C=C/CC/C=C/CCCCCCCCCCCCCCCCCCC. The number of nitrogens with zero attached hydrogens (tertiary/aromatic N) is 1. The van der Waals surface area contributed by atoms with Gasteiger partial charge < -0.3 is 28.8 Å². The molecule has 0 aromatic rings. The molecule has 0 rings (SSSR count). The number of hydrogen-bond acceptors (Lipinski definition) is 6. The first-order chi connectivity index (χ1) is 37.0. The van der Waals surface area contributed by atoms with Gasteiger partial charge in [-0.3, -0.25) is 9.36 Å². The predicted molar refractivity (Wildman–Crippen MR) is 329 cm³/mol. The number of unbranched alkanes of at least 4 members (excludes halogenated alkanes) is 30. The van der Waals surface area contributed by atoms with E-state index < -0.39 is 26.6 Å². The van der Waals surface area contributed by atoms with Crippen LogP contribution in [0.25, 0.3) is 0 Å². The molecule has 0 aliphatic carbocycles. The van der Waals surface area contributed by atoms with E-state index in [0.717, 1.165) is 77.0 Å². The Labute approximate surface area is 470 Å². The summed E-state index contributed by atoms with van der Waals surface area (Å²) in [4.78, 5) is 25.6. The maximum Gasteiger partial charge on any atom is 0.268 e. The van der Waals surface area contributed by atoms with Crippen molar-refractivity contribution in [1.29, 1.82) is 0 Å². The average molecular weight is 1080 g/mol. The molecule has 0 aromatic carbocycles. The van der Waals surface area contributed by atoms with Crippen molar-refractivity contribution in [3.8, 4) is 0 Å². The first-order valence-electron chi connectivity index (χ1n) is 31.6. The largest absolute Gasteiger partial charge is 0.756 e. The smallest absolute Gasteiger partial charge is 0.268 e. The number of quaternary nitrogens is 1. The molecule has 2 N–H and O–H groups in total. The molecule has 0 saturated heterocycles. The van der Waals surface area contributed by atoms with Crippen LogP contribution in [-0.4, -0.2) is 68.5 Å². The molecule has 3 unspecified atom stereocenters. The zero-order valence-corrected chi connectivity index (χ0v) is 51.1. The summed E-state index contributed by atoms with van der Waals surface area (Å²) in [6.45, 7) is 4.52. The summed E-state index contributed by atoms with van der Waals surface area (Å²) in [7, 11) is 1.23. The van der Waals surface area contributed by atoms with Crippen LogP contribution in [0, 0.1) is 0 Å². The summed E-state index contributed by atoms with van der Waals surface area (Å²) >= 11 is 0. The first-order valence-corrected chi connectivity index (χ1v) is 33.1. The number of nitrogens with one attached hydrogen (secondary N) is 1. The second-order valence-corrected chi connectivity index (χ2v) is 23.8. The Morgan fingerprint density at radius 1 is 0.474 bits per heavy atom. The highest BCUT2D eigenvalue weighted by atomic mass is 31.2. The summed E-state index contributed by atoms with van der Waals surface area (Å²) in [5, 5.41) is 13.9. The van der Waals surface area contributed by atoms with Crippen LogP contribution in [0.15, 0.2) is 97.2 Å². The molecular formula is C67H121N2O6P. The number of allylic oxidation sites excluding steroid dienone is 15. The number of aliphatic hydroxyl groups is 1. The van der Waals surface area contributed by atoms with Gasteiger partial charge in [-0.1, -0.05) is 272 Å². The molecule has 1 amide bonds. The highest BCUT2D eigenvalue weighted by Crippen LogP contribution is 2.38. The fourth-order valence-corrected chi connectivity index (χ4v) is 9.58. The minimum Gasteiger partial charge on any atom is -0.756 e. The van der Waals surface area contributed by atoms with Crippen molar-refractivity contribution in [2.45, 2.75) is 283 Å². The van der Waals surface area contributed by atoms with E-state index in [2.05, 4.69) is 104 Å². The molecule has 0 heterocycles. The minimum atomic E-state index is -4.62. The lowest BCUT2D eigenvalue weighted by molar-refractivity contribution is -0.870. The Bertz CT molecular complexity index is 1560. The van der Waals surface area contributed by atoms with Crippen molar-refractivity contribution in [1.82, 2.24) is 5.32 Å². The Morgan fingerprint density at radius 2 is 0.816 bits per heavy atom. The Hall–Kier alpha value is -2.58. The second kappa shape index (κ2) is 57.1. The lowest BCUT2D eigenvalue weighted by atomic mass is 10.0. The minimum absolute atomic E-state index is 0.0137. The quantitative estimate of drug-likeness (QED) is 0.0272. The first kappa shape index (κ1) is 73.4. The molecule has 0 fully saturated rings. The molecule has 3 atom stereocenters. The Kier molecular flexibility index (Phi) is 55.2. The molecule has 0 bridgehead atoms. The van der Waals surface area contributed by atoms with E-state index >= 15 is 0 Å². The van der Waals surface area contributed by atoms with Gasteiger partial charge in [-0.15, -0.1) is 0 Å². The van der Waals surface area contributed by atoms with Crippen LogP contribution < -0.4 is 10.2 Å². The number of phosphoric ester groups is 1. The zero-order chi connectivity index (χ0) is 55.6. The summed E-state index contributed by atoms with van der Waals surface area (Å²) in [6, 6.07) is -0.919. The van der Waals surface area contributed by atoms with Gasteiger partial charge in [0.15, 0.2) is 0 Å². The van der Waals surface area contributed by atoms with E-state index in [4.69, 9.17) is 9.05 Å². The molecule has 0 spiro atoms. The number of aliphatic hydroxyl groups excluding tert-OH is 1. The number of carbonyl (C=O) groups is 1. The van der Waals surface area contributed by atoms with Crippen LogP contribution in [0.4, 0.5) is 0 Å². The third-order valence-corrected chi connectivity index (χ3v) is 14.7. The number of rotatable bonds is 57. The van der Waals surface area contributed by atoms with Gasteiger partial charge in [-0.25, -0.2) is 0 Å². The lowest BCUT2D eigenvalue weighted by Crippen LogP contribution is -2.45. The van der Waals surface area contributed by atoms with Crippen molar-refractivity contribution in [3.63, 3.8) is 0 Å². The van der Waals surface area contributed by atoms with Gasteiger partial charge in [-0.2, -0.15) is 0 Å². The van der Waals surface area contributed by atoms with E-state index in [0.29, 0.717) is 17.4 Å². The highest BCUT2D eigenvalue weighted by Gasteiger charge is 2.23. The molecule has 76 heavy (non-hydrogen) atoms. The third kappa shape index (κ3) is 59.1. The van der Waals surface area contributed by atoms with E-state index in [1.807, 2.05) is 27.2 Å². The third-order valence-electron chi connectivity index (χ3n) is 13.8. The van der Waals surface area contributed by atoms with Crippen molar-refractivity contribution in [3.05, 3.63) is 97.2 Å². The molecule has 0 aliphatic rings. The van der Waals surface area contributed by atoms with Gasteiger partial charge in [0, 0.05) is 6.42 Å². The molecule has 8 nitrogen and oxygen atoms in total. The fourth-order valence-electron chi connectivity index (χ4n) is 8.86. The van der Waals surface area contributed by atoms with E-state index in [9.17, 15) is 19.4 Å². The summed E-state index contributed by atoms with van der Waals surface area (Å²) in [5.74, 6) is -0.216. The van der Waals surface area contributed by atoms with Crippen molar-refractivity contribution < 1.29 is 32.9 Å². The summed E-state index contributed by atoms with van der Waals surface area (Å²) in [6.07, 6.45) is 82.2. The molecule has 0 aliphatic heterocycles. The van der Waals surface area contributed by atoms with Gasteiger partial charge in [0.05, 0.1) is 39.9 Å². The van der Waals surface area contributed by atoms with E-state index in [-0.39, 0.29) is 12.5 Å². The van der Waals surface area contributed by atoms with Crippen LogP contribution in [0.5, 0.6) is 0 Å². The van der Waals surface area contributed by atoms with Crippen molar-refractivity contribution in [2.24, 2.45) is 0 Å². The van der Waals surface area contributed by atoms with E-state index in [1.165, 1.54) is 173 Å². The zero-order valence-electron chi connectivity index (χ0n) is 50.2. The fraction of sp³-hybridized carbons (Fsp3) is 0.746. The number of hydrogen-bond donors (Lipinski definition) is 2. The van der Waals surface area contributed by atoms with Crippen LogP contribution in [0.2, 0.25) is 0 Å². The van der Waals surface area contributed by atoms with Crippen LogP contribution >= 0.6 is 7.82 Å². The topological polar surface area (TPSA) is 108 Å².